The van der Waals surface area contributed by atoms with Gasteiger partial charge in [0.2, 0.25) is 0 Å². The minimum Gasteiger partial charge on any atom is -0.404 e. The van der Waals surface area contributed by atoms with E-state index in [1.54, 1.807) is 17.1 Å². The highest BCUT2D eigenvalue weighted by molar-refractivity contribution is 5.67. The zero-order valence-corrected chi connectivity index (χ0v) is 17.0. The van der Waals surface area contributed by atoms with E-state index >= 15 is 0 Å². The summed E-state index contributed by atoms with van der Waals surface area (Å²) in [6, 6.07) is 3.79. The largest absolute Gasteiger partial charge is 0.404 e. The van der Waals surface area contributed by atoms with Crippen LogP contribution in [0.3, 0.4) is 0 Å². The topological polar surface area (TPSA) is 81.6 Å². The Balaban J connectivity index is 0.00000136. The monoisotopic (exact) mass is 378 g/mol. The molecule has 3 rings (SSSR count). The predicted octanol–water partition coefficient (Wildman–Crippen LogP) is 4.64. The summed E-state index contributed by atoms with van der Waals surface area (Å²) in [5, 5.41) is 7.66. The van der Waals surface area contributed by atoms with Gasteiger partial charge in [-0.2, -0.15) is 5.10 Å². The van der Waals surface area contributed by atoms with Crippen LogP contribution in [-0.2, 0) is 0 Å². The first-order valence-corrected chi connectivity index (χ1v) is 9.86. The lowest BCUT2D eigenvalue weighted by Gasteiger charge is -2.11. The molecular weight excluding hydrogens is 348 g/mol. The maximum Gasteiger partial charge on any atom is 0.160 e. The van der Waals surface area contributed by atoms with E-state index in [4.69, 9.17) is 5.73 Å². The van der Waals surface area contributed by atoms with Crippen LogP contribution in [0.25, 0.3) is 11.4 Å². The van der Waals surface area contributed by atoms with E-state index in [-0.39, 0.29) is 0 Å². The van der Waals surface area contributed by atoms with E-state index in [1.807, 2.05) is 38.3 Å². The van der Waals surface area contributed by atoms with Gasteiger partial charge >= 0.3 is 0 Å². The van der Waals surface area contributed by atoms with E-state index in [1.165, 1.54) is 0 Å². The van der Waals surface area contributed by atoms with Crippen molar-refractivity contribution >= 4 is 11.4 Å². The van der Waals surface area contributed by atoms with Crippen molar-refractivity contribution in [3.05, 3.63) is 72.5 Å². The number of allylic oxidation sites excluding steroid dienone is 6. The van der Waals surface area contributed by atoms with Gasteiger partial charge in [0.15, 0.2) is 11.6 Å². The third-order valence-electron chi connectivity index (χ3n) is 4.01. The van der Waals surface area contributed by atoms with Gasteiger partial charge in [0.1, 0.15) is 5.82 Å². The number of anilines is 1. The van der Waals surface area contributed by atoms with Crippen molar-refractivity contribution in [2.75, 3.05) is 11.9 Å². The molecule has 0 radical (unpaired) electrons. The summed E-state index contributed by atoms with van der Waals surface area (Å²) in [5.74, 6) is 2.26. The number of hydrogen-bond acceptors (Lipinski definition) is 5. The van der Waals surface area contributed by atoms with Crippen molar-refractivity contribution in [3.63, 3.8) is 0 Å². The summed E-state index contributed by atoms with van der Waals surface area (Å²) in [6.07, 6.45) is 18.3. The lowest BCUT2D eigenvalue weighted by Crippen LogP contribution is -2.09. The summed E-state index contributed by atoms with van der Waals surface area (Å²) in [5.41, 5.74) is 7.90. The lowest BCUT2D eigenvalue weighted by atomic mass is 10.2. The molecule has 2 heterocycles. The van der Waals surface area contributed by atoms with Crippen LogP contribution in [0.2, 0.25) is 0 Å². The number of nitrogens with zero attached hydrogens (tertiary/aromatic N) is 4. The van der Waals surface area contributed by atoms with Gasteiger partial charge in [-0.15, -0.1) is 0 Å². The molecule has 6 heteroatoms. The Morgan fingerprint density at radius 1 is 1.32 bits per heavy atom. The maximum atomic E-state index is 5.70. The molecule has 1 aliphatic carbocycles. The molecule has 0 saturated heterocycles. The van der Waals surface area contributed by atoms with E-state index in [2.05, 4.69) is 51.6 Å². The van der Waals surface area contributed by atoms with Crippen LogP contribution >= 0.6 is 0 Å². The average molecular weight is 379 g/mol. The first-order chi connectivity index (χ1) is 13.8. The van der Waals surface area contributed by atoms with Crippen LogP contribution in [-0.4, -0.2) is 26.3 Å². The third kappa shape index (κ3) is 5.94. The second-order valence-corrected chi connectivity index (χ2v) is 5.94. The molecule has 0 saturated carbocycles. The van der Waals surface area contributed by atoms with Crippen LogP contribution in [0.4, 0.5) is 5.82 Å². The Labute approximate surface area is 167 Å². The minimum absolute atomic E-state index is 0.728. The van der Waals surface area contributed by atoms with Crippen LogP contribution in [0, 0.1) is 0 Å². The fourth-order valence-electron chi connectivity index (χ4n) is 2.63. The third-order valence-corrected chi connectivity index (χ3v) is 4.01. The molecule has 2 aromatic rings. The fraction of sp³-hybridized carbons (Fsp3) is 0.318. The number of nitrogens with two attached hydrogens (primary N) is 1. The van der Waals surface area contributed by atoms with Crippen molar-refractivity contribution in [2.45, 2.75) is 40.0 Å². The van der Waals surface area contributed by atoms with Crippen LogP contribution < -0.4 is 11.1 Å². The summed E-state index contributed by atoms with van der Waals surface area (Å²) in [4.78, 5) is 9.33. The molecule has 28 heavy (non-hydrogen) atoms. The van der Waals surface area contributed by atoms with Gasteiger partial charge in [0.25, 0.3) is 0 Å². The molecule has 2 aromatic heterocycles. The minimum atomic E-state index is 0.728. The fourth-order valence-corrected chi connectivity index (χ4v) is 2.63. The lowest BCUT2D eigenvalue weighted by molar-refractivity contribution is 0.833. The molecule has 1 aliphatic rings. The second kappa shape index (κ2) is 11.5. The zero-order chi connectivity index (χ0) is 20.2. The van der Waals surface area contributed by atoms with Crippen LogP contribution in [0.1, 0.15) is 45.9 Å². The number of hydrogen-bond donors (Lipinski definition) is 2. The molecule has 3 N–H and O–H groups in total. The molecular formula is C22H30N6. The molecule has 0 bridgehead atoms. The second-order valence-electron chi connectivity index (χ2n) is 5.94. The normalized spacial score (nSPS) is 13.4. The average Bonchev–Trinajstić information content (AvgIpc) is 3.46. The van der Waals surface area contributed by atoms with Gasteiger partial charge in [0, 0.05) is 30.6 Å². The van der Waals surface area contributed by atoms with Crippen molar-refractivity contribution in [1.82, 2.24) is 19.7 Å². The van der Waals surface area contributed by atoms with Gasteiger partial charge in [-0.25, -0.2) is 14.6 Å². The summed E-state index contributed by atoms with van der Waals surface area (Å²) in [7, 11) is 0. The Kier molecular flexibility index (Phi) is 8.72. The smallest absolute Gasteiger partial charge is 0.160 e. The number of rotatable bonds is 8. The highest BCUT2D eigenvalue weighted by Gasteiger charge is 2.11. The SMILES string of the molecule is CC.CC/C=C\C(=C/N)CCNc1cc(-n2cccn2)nc(C2=CC=CC2)n1. The number of aromatic nitrogens is 4. The first kappa shape index (κ1) is 21.2. The molecule has 6 nitrogen and oxygen atoms in total. The summed E-state index contributed by atoms with van der Waals surface area (Å²) < 4.78 is 1.74. The van der Waals surface area contributed by atoms with Gasteiger partial charge in [-0.3, -0.25) is 0 Å². The molecule has 0 fully saturated rings. The molecule has 0 atom stereocenters. The molecule has 0 amide bonds. The van der Waals surface area contributed by atoms with Crippen molar-refractivity contribution in [2.24, 2.45) is 5.73 Å². The highest BCUT2D eigenvalue weighted by Crippen LogP contribution is 2.22. The van der Waals surface area contributed by atoms with Gasteiger partial charge in [0.05, 0.1) is 0 Å². The molecule has 0 unspecified atom stereocenters. The van der Waals surface area contributed by atoms with E-state index in [0.717, 1.165) is 54.4 Å². The Bertz CT molecular complexity index is 844. The van der Waals surface area contributed by atoms with Crippen molar-refractivity contribution < 1.29 is 0 Å². The molecule has 148 valence electrons. The summed E-state index contributed by atoms with van der Waals surface area (Å²) in [6.45, 7) is 6.85. The first-order valence-electron chi connectivity index (χ1n) is 9.86. The van der Waals surface area contributed by atoms with Gasteiger partial charge in [-0.05, 0) is 37.1 Å². The summed E-state index contributed by atoms with van der Waals surface area (Å²) >= 11 is 0. The van der Waals surface area contributed by atoms with Crippen molar-refractivity contribution in [1.29, 1.82) is 0 Å². The Hall–Kier alpha value is -3.15. The van der Waals surface area contributed by atoms with Crippen LogP contribution in [0.5, 0.6) is 0 Å². The van der Waals surface area contributed by atoms with Gasteiger partial charge in [-0.1, -0.05) is 51.2 Å². The van der Waals surface area contributed by atoms with E-state index < -0.39 is 0 Å². The van der Waals surface area contributed by atoms with Crippen molar-refractivity contribution in [3.8, 4) is 5.82 Å². The van der Waals surface area contributed by atoms with Gasteiger partial charge < -0.3 is 11.1 Å². The van der Waals surface area contributed by atoms with E-state index in [0.29, 0.717) is 0 Å². The van der Waals surface area contributed by atoms with E-state index in [9.17, 15) is 0 Å². The quantitative estimate of drug-likeness (QED) is 0.654. The maximum absolute atomic E-state index is 5.70. The van der Waals surface area contributed by atoms with Crippen LogP contribution in [0.15, 0.2) is 66.7 Å². The Morgan fingerprint density at radius 2 is 2.18 bits per heavy atom. The highest BCUT2D eigenvalue weighted by atomic mass is 15.3. The zero-order valence-electron chi connectivity index (χ0n) is 17.0. The molecule has 0 aliphatic heterocycles. The number of nitrogens with one attached hydrogen (secondary N) is 1. The molecule has 0 spiro atoms. The predicted molar refractivity (Wildman–Crippen MR) is 117 cm³/mol. The Morgan fingerprint density at radius 3 is 2.82 bits per heavy atom. The standard InChI is InChI=1S/C20H24N6.C2H6/c1-2-3-7-16(15-21)10-12-22-18-14-19(26-13-6-11-23-26)25-20(24-18)17-8-4-5-9-17;1-2/h3-8,11,13-15H,2,9-10,12,21H2,1H3,(H,22,24,25);1-2H3/b7-3-,16-15+;. The molecule has 0 aromatic carbocycles.